The Morgan fingerprint density at radius 1 is 1.06 bits per heavy atom. The largest absolute Gasteiger partial charge is 0.479 e. The van der Waals surface area contributed by atoms with Gasteiger partial charge in [-0.3, -0.25) is 15.0 Å². The number of thiazole rings is 1. The number of aliphatic hydroxyl groups excluding tert-OH is 1. The number of rotatable bonds is 9. The molecule has 47 heavy (non-hydrogen) atoms. The second kappa shape index (κ2) is 14.0. The zero-order chi connectivity index (χ0) is 33.7. The Kier molecular flexibility index (Phi) is 9.88. The summed E-state index contributed by atoms with van der Waals surface area (Å²) in [6.07, 6.45) is -0.0964. The predicted molar refractivity (Wildman–Crippen MR) is 170 cm³/mol. The number of hydrogen-bond acceptors (Lipinski definition) is 7. The number of urea groups is 1. The lowest BCUT2D eigenvalue weighted by Gasteiger charge is -2.24. The summed E-state index contributed by atoms with van der Waals surface area (Å²) in [4.78, 5) is 42.5. The van der Waals surface area contributed by atoms with Crippen molar-refractivity contribution in [2.75, 3.05) is 16.8 Å². The van der Waals surface area contributed by atoms with Gasteiger partial charge in [-0.25, -0.2) is 14.6 Å². The standard InChI is InChI=1S/C33H28F3N5O5S/c34-33(35,36)25-15-26-28(14-23(25)16-37)47-31(39-26)40-32(46)41(24-12-10-21(11-13-24)20-4-2-1-3-5-20)18-19-6-8-22(9-7-19)29(43)38-17-27(42)30(44)45/h4,6-15,27,42H,1-3,5,17-18H2,(H,38,43)(H,44,45)(H,39,40,46)/t27-/m1/s1. The normalized spacial score (nSPS) is 13.7. The fourth-order valence-electron chi connectivity index (χ4n) is 5.07. The van der Waals surface area contributed by atoms with Gasteiger partial charge in [0, 0.05) is 11.3 Å². The number of aliphatic hydroxyl groups is 1. The predicted octanol–water partition coefficient (Wildman–Crippen LogP) is 6.56. The number of aromatic nitrogens is 1. The summed E-state index contributed by atoms with van der Waals surface area (Å²) in [5.74, 6) is -2.06. The number of halogens is 3. The van der Waals surface area contributed by atoms with Crippen LogP contribution in [0.15, 0.2) is 66.7 Å². The molecule has 0 fully saturated rings. The maximum atomic E-state index is 13.7. The number of carbonyl (C=O) groups excluding carboxylic acids is 2. The van der Waals surface area contributed by atoms with Crippen molar-refractivity contribution in [2.45, 2.75) is 44.5 Å². The molecule has 5 rings (SSSR count). The molecular weight excluding hydrogens is 635 g/mol. The first-order valence-electron chi connectivity index (χ1n) is 14.5. The smallest absolute Gasteiger partial charge is 0.417 e. The number of carboxylic acids is 1. The number of aliphatic carboxylic acids is 1. The summed E-state index contributed by atoms with van der Waals surface area (Å²) >= 11 is 0.933. The van der Waals surface area contributed by atoms with E-state index in [0.29, 0.717) is 16.0 Å². The van der Waals surface area contributed by atoms with Gasteiger partial charge in [-0.2, -0.15) is 18.4 Å². The summed E-state index contributed by atoms with van der Waals surface area (Å²) < 4.78 is 40.8. The molecule has 1 heterocycles. The van der Waals surface area contributed by atoms with Crippen LogP contribution in [0.3, 0.4) is 0 Å². The Morgan fingerprint density at radius 3 is 2.40 bits per heavy atom. The third kappa shape index (κ3) is 7.94. The molecule has 0 unspecified atom stereocenters. The second-order valence-corrected chi connectivity index (χ2v) is 11.8. The van der Waals surface area contributed by atoms with E-state index in [-0.39, 0.29) is 22.8 Å². The van der Waals surface area contributed by atoms with E-state index in [0.717, 1.165) is 54.7 Å². The van der Waals surface area contributed by atoms with Crippen molar-refractivity contribution in [3.8, 4) is 6.07 Å². The zero-order valence-electron chi connectivity index (χ0n) is 24.7. The fraction of sp³-hybridized carbons (Fsp3) is 0.242. The summed E-state index contributed by atoms with van der Waals surface area (Å²) in [5, 5.41) is 32.5. The third-order valence-electron chi connectivity index (χ3n) is 7.55. The maximum Gasteiger partial charge on any atom is 0.417 e. The Balaban J connectivity index is 1.40. The van der Waals surface area contributed by atoms with Gasteiger partial charge in [0.05, 0.1) is 40.5 Å². The Morgan fingerprint density at radius 2 is 1.79 bits per heavy atom. The van der Waals surface area contributed by atoms with Gasteiger partial charge in [0.25, 0.3) is 5.91 Å². The molecule has 3 amide bonds. The van der Waals surface area contributed by atoms with E-state index in [9.17, 15) is 37.9 Å². The average molecular weight is 664 g/mol. The van der Waals surface area contributed by atoms with Crippen LogP contribution in [0, 0.1) is 11.3 Å². The molecule has 0 spiro atoms. The molecule has 1 aliphatic rings. The summed E-state index contributed by atoms with van der Waals surface area (Å²) in [6, 6.07) is 16.5. The fourth-order valence-corrected chi connectivity index (χ4v) is 5.95. The lowest BCUT2D eigenvalue weighted by Crippen LogP contribution is -2.36. The SMILES string of the molecule is N#Cc1cc2sc(NC(=O)N(Cc3ccc(C(=O)NC[C@@H](O)C(=O)O)cc3)c3ccc(C4=CCCCC4)cc3)nc2cc1C(F)(F)F. The van der Waals surface area contributed by atoms with Crippen LogP contribution >= 0.6 is 11.3 Å². The highest BCUT2D eigenvalue weighted by atomic mass is 32.1. The van der Waals surface area contributed by atoms with Gasteiger partial charge in [0.1, 0.15) is 0 Å². The molecule has 0 bridgehead atoms. The van der Waals surface area contributed by atoms with Gasteiger partial charge in [0.2, 0.25) is 0 Å². The minimum Gasteiger partial charge on any atom is -0.479 e. The van der Waals surface area contributed by atoms with Crippen LogP contribution in [0.2, 0.25) is 0 Å². The van der Waals surface area contributed by atoms with Crippen LogP contribution in [-0.4, -0.2) is 45.8 Å². The number of carbonyl (C=O) groups is 3. The van der Waals surface area contributed by atoms with E-state index in [2.05, 4.69) is 21.7 Å². The van der Waals surface area contributed by atoms with Gasteiger partial charge in [-0.15, -0.1) is 0 Å². The van der Waals surface area contributed by atoms with Crippen LogP contribution in [0.25, 0.3) is 15.8 Å². The molecule has 0 radical (unpaired) electrons. The molecule has 4 aromatic rings. The quantitative estimate of drug-likeness (QED) is 0.158. The molecule has 0 aliphatic heterocycles. The van der Waals surface area contributed by atoms with Crippen molar-refractivity contribution in [3.63, 3.8) is 0 Å². The van der Waals surface area contributed by atoms with Crippen LogP contribution in [0.1, 0.15) is 58.3 Å². The molecule has 10 nitrogen and oxygen atoms in total. The van der Waals surface area contributed by atoms with E-state index >= 15 is 0 Å². The average Bonchev–Trinajstić information content (AvgIpc) is 3.46. The highest BCUT2D eigenvalue weighted by Crippen LogP contribution is 2.37. The van der Waals surface area contributed by atoms with Gasteiger partial charge in [-0.1, -0.05) is 41.7 Å². The number of anilines is 2. The number of benzene rings is 3. The van der Waals surface area contributed by atoms with Crippen LogP contribution in [-0.2, 0) is 17.5 Å². The van der Waals surface area contributed by atoms with Crippen molar-refractivity contribution < 1.29 is 37.8 Å². The molecule has 1 atom stereocenters. The van der Waals surface area contributed by atoms with E-state index < -0.39 is 47.9 Å². The van der Waals surface area contributed by atoms with Crippen LogP contribution in [0.4, 0.5) is 28.8 Å². The highest BCUT2D eigenvalue weighted by Gasteiger charge is 2.34. The molecule has 14 heteroatoms. The number of nitriles is 1. The maximum absolute atomic E-state index is 13.7. The second-order valence-electron chi connectivity index (χ2n) is 10.8. The summed E-state index contributed by atoms with van der Waals surface area (Å²) in [6.45, 7) is -0.437. The molecule has 1 aromatic heterocycles. The minimum atomic E-state index is -4.75. The van der Waals surface area contributed by atoms with Gasteiger partial charge in [0.15, 0.2) is 11.2 Å². The molecule has 3 aromatic carbocycles. The molecule has 4 N–H and O–H groups in total. The molecule has 0 saturated carbocycles. The minimum absolute atomic E-state index is 0.0157. The van der Waals surface area contributed by atoms with Crippen molar-refractivity contribution in [2.24, 2.45) is 0 Å². The Bertz CT molecular complexity index is 1880. The van der Waals surface area contributed by atoms with Gasteiger partial charge < -0.3 is 15.5 Å². The molecular formula is C33H28F3N5O5S. The van der Waals surface area contributed by atoms with Crippen molar-refractivity contribution >= 4 is 55.9 Å². The lowest BCUT2D eigenvalue weighted by atomic mass is 9.93. The molecule has 0 saturated heterocycles. The number of nitrogens with zero attached hydrogens (tertiary/aromatic N) is 3. The Labute approximate surface area is 270 Å². The monoisotopic (exact) mass is 663 g/mol. The summed E-state index contributed by atoms with van der Waals surface area (Å²) in [7, 11) is 0. The number of fused-ring (bicyclic) bond motifs is 1. The first-order valence-corrected chi connectivity index (χ1v) is 15.3. The summed E-state index contributed by atoms with van der Waals surface area (Å²) in [5.41, 5.74) is 1.95. The van der Waals surface area contributed by atoms with E-state index in [1.807, 2.05) is 12.1 Å². The first kappa shape index (κ1) is 33.1. The van der Waals surface area contributed by atoms with Crippen LogP contribution < -0.4 is 15.5 Å². The van der Waals surface area contributed by atoms with Crippen molar-refractivity contribution in [1.82, 2.24) is 10.3 Å². The topological polar surface area (TPSA) is 156 Å². The number of carboxylic acid groups (broad SMARTS) is 1. The Hall–Kier alpha value is -5.26. The number of alkyl halides is 3. The zero-order valence-corrected chi connectivity index (χ0v) is 25.5. The van der Waals surface area contributed by atoms with E-state index in [1.165, 1.54) is 22.6 Å². The van der Waals surface area contributed by atoms with Crippen molar-refractivity contribution in [3.05, 3.63) is 94.6 Å². The molecule has 1 aliphatic carbocycles. The number of amides is 3. The number of nitrogens with one attached hydrogen (secondary N) is 2. The third-order valence-corrected chi connectivity index (χ3v) is 8.48. The number of allylic oxidation sites excluding steroid dienone is 2. The van der Waals surface area contributed by atoms with E-state index in [4.69, 9.17) is 5.11 Å². The van der Waals surface area contributed by atoms with Gasteiger partial charge >= 0.3 is 18.2 Å². The lowest BCUT2D eigenvalue weighted by molar-refractivity contribution is -0.146. The van der Waals surface area contributed by atoms with Gasteiger partial charge in [-0.05, 0) is 78.8 Å². The van der Waals surface area contributed by atoms with E-state index in [1.54, 1.807) is 30.3 Å². The highest BCUT2D eigenvalue weighted by molar-refractivity contribution is 7.22. The van der Waals surface area contributed by atoms with Crippen molar-refractivity contribution in [1.29, 1.82) is 5.26 Å². The molecule has 242 valence electrons. The number of hydrogen-bond donors (Lipinski definition) is 4. The van der Waals surface area contributed by atoms with Crippen LogP contribution in [0.5, 0.6) is 0 Å². The first-order chi connectivity index (χ1) is 22.4.